The molecule has 2 aromatic heterocycles. The zero-order chi connectivity index (χ0) is 15.5. The number of nitrogens with one attached hydrogen (secondary N) is 1. The van der Waals surface area contributed by atoms with Gasteiger partial charge in [0.2, 0.25) is 0 Å². The Kier molecular flexibility index (Phi) is 4.04. The standard InChI is InChI=1S/C14H9ClFN5S/c15-13-10(6-17)14(22-20-13)19-7-9-1-2-12(11(16)5-9)21-4-3-18-8-21/h1-5,8,19H,7H2. The smallest absolute Gasteiger partial charge is 0.162 e. The number of benzene rings is 1. The Bertz CT molecular complexity index is 838. The van der Waals surface area contributed by atoms with E-state index in [2.05, 4.69) is 14.7 Å². The first-order chi connectivity index (χ1) is 10.7. The van der Waals surface area contributed by atoms with Crippen LogP contribution in [0, 0.1) is 17.1 Å². The van der Waals surface area contributed by atoms with Gasteiger partial charge < -0.3 is 9.88 Å². The average molecular weight is 334 g/mol. The van der Waals surface area contributed by atoms with Crippen LogP contribution in [-0.4, -0.2) is 13.9 Å². The second-order valence-corrected chi connectivity index (χ2v) is 5.53. The van der Waals surface area contributed by atoms with Gasteiger partial charge >= 0.3 is 0 Å². The highest BCUT2D eigenvalue weighted by Crippen LogP contribution is 2.28. The summed E-state index contributed by atoms with van der Waals surface area (Å²) in [6, 6.07) is 6.91. The zero-order valence-electron chi connectivity index (χ0n) is 11.1. The number of nitrogens with zero attached hydrogens (tertiary/aromatic N) is 4. The summed E-state index contributed by atoms with van der Waals surface area (Å²) in [7, 11) is 0. The first-order valence-electron chi connectivity index (χ1n) is 6.25. The number of anilines is 1. The van der Waals surface area contributed by atoms with E-state index >= 15 is 0 Å². The fourth-order valence-corrected chi connectivity index (χ4v) is 2.87. The van der Waals surface area contributed by atoms with Crippen LogP contribution in [0.5, 0.6) is 0 Å². The van der Waals surface area contributed by atoms with Gasteiger partial charge in [-0.05, 0) is 29.2 Å². The maximum atomic E-state index is 14.1. The average Bonchev–Trinajstić information content (AvgIpc) is 3.15. The summed E-state index contributed by atoms with van der Waals surface area (Å²) >= 11 is 6.90. The van der Waals surface area contributed by atoms with Gasteiger partial charge in [-0.1, -0.05) is 17.7 Å². The highest BCUT2D eigenvalue weighted by Gasteiger charge is 2.12. The number of aromatic nitrogens is 3. The van der Waals surface area contributed by atoms with E-state index in [0.717, 1.165) is 17.1 Å². The molecule has 1 N–H and O–H groups in total. The van der Waals surface area contributed by atoms with E-state index in [-0.39, 0.29) is 11.0 Å². The summed E-state index contributed by atoms with van der Waals surface area (Å²) in [5, 5.41) is 12.8. The van der Waals surface area contributed by atoms with Crippen molar-refractivity contribution in [2.75, 3.05) is 5.32 Å². The quantitative estimate of drug-likeness (QED) is 0.792. The van der Waals surface area contributed by atoms with Crippen molar-refractivity contribution in [1.82, 2.24) is 13.9 Å². The van der Waals surface area contributed by atoms with E-state index in [1.54, 1.807) is 29.1 Å². The Balaban J connectivity index is 1.77. The molecule has 3 rings (SSSR count). The Morgan fingerprint density at radius 3 is 3.00 bits per heavy atom. The van der Waals surface area contributed by atoms with Gasteiger partial charge in [-0.15, -0.1) is 0 Å². The molecular weight excluding hydrogens is 325 g/mol. The predicted molar refractivity (Wildman–Crippen MR) is 82.7 cm³/mol. The molecule has 0 aliphatic rings. The molecule has 2 heterocycles. The molecule has 3 aromatic rings. The van der Waals surface area contributed by atoms with E-state index in [9.17, 15) is 4.39 Å². The van der Waals surface area contributed by atoms with Gasteiger partial charge in [0.1, 0.15) is 22.5 Å². The van der Waals surface area contributed by atoms with Gasteiger partial charge in [-0.3, -0.25) is 0 Å². The Morgan fingerprint density at radius 2 is 2.32 bits per heavy atom. The molecule has 0 atom stereocenters. The molecule has 0 bridgehead atoms. The van der Waals surface area contributed by atoms with Crippen molar-refractivity contribution in [3.63, 3.8) is 0 Å². The number of rotatable bonds is 4. The summed E-state index contributed by atoms with van der Waals surface area (Å²) in [5.41, 5.74) is 1.48. The van der Waals surface area contributed by atoms with Gasteiger partial charge in [-0.25, -0.2) is 9.37 Å². The molecule has 0 radical (unpaired) electrons. The van der Waals surface area contributed by atoms with E-state index < -0.39 is 0 Å². The molecule has 0 amide bonds. The fourth-order valence-electron chi connectivity index (χ4n) is 1.94. The first kappa shape index (κ1) is 14.5. The molecular formula is C14H9ClFN5S. The fraction of sp³-hybridized carbons (Fsp3) is 0.0714. The highest BCUT2D eigenvalue weighted by molar-refractivity contribution is 7.10. The molecule has 0 aliphatic heterocycles. The predicted octanol–water partition coefficient (Wildman–Crippen LogP) is 3.61. The molecule has 110 valence electrons. The van der Waals surface area contributed by atoms with Crippen LogP contribution in [0.2, 0.25) is 5.15 Å². The monoisotopic (exact) mass is 333 g/mol. The van der Waals surface area contributed by atoms with Crippen LogP contribution in [0.4, 0.5) is 9.39 Å². The van der Waals surface area contributed by atoms with E-state index in [4.69, 9.17) is 16.9 Å². The third-order valence-corrected chi connectivity index (χ3v) is 4.19. The maximum Gasteiger partial charge on any atom is 0.162 e. The summed E-state index contributed by atoms with van der Waals surface area (Å²) < 4.78 is 19.6. The lowest BCUT2D eigenvalue weighted by Crippen LogP contribution is -2.01. The molecule has 5 nitrogen and oxygen atoms in total. The topological polar surface area (TPSA) is 66.5 Å². The lowest BCUT2D eigenvalue weighted by atomic mass is 10.2. The number of imidazole rings is 1. The highest BCUT2D eigenvalue weighted by atomic mass is 35.5. The molecule has 0 saturated heterocycles. The Hall–Kier alpha value is -2.43. The lowest BCUT2D eigenvalue weighted by molar-refractivity contribution is 0.616. The molecule has 0 fully saturated rings. The van der Waals surface area contributed by atoms with E-state index in [1.807, 2.05) is 6.07 Å². The van der Waals surface area contributed by atoms with Crippen LogP contribution in [0.25, 0.3) is 5.69 Å². The SMILES string of the molecule is N#Cc1c(Cl)nsc1NCc1ccc(-n2ccnc2)c(F)c1. The Morgan fingerprint density at radius 1 is 1.45 bits per heavy atom. The second kappa shape index (κ2) is 6.13. The molecule has 0 saturated carbocycles. The van der Waals surface area contributed by atoms with Crippen LogP contribution in [-0.2, 0) is 6.54 Å². The molecule has 0 unspecified atom stereocenters. The second-order valence-electron chi connectivity index (χ2n) is 4.40. The van der Waals surface area contributed by atoms with Crippen molar-refractivity contribution in [2.24, 2.45) is 0 Å². The Labute approximate surface area is 134 Å². The van der Waals surface area contributed by atoms with Gasteiger partial charge in [0.15, 0.2) is 5.15 Å². The number of hydrogen-bond acceptors (Lipinski definition) is 5. The van der Waals surface area contributed by atoms with Crippen molar-refractivity contribution in [3.8, 4) is 11.8 Å². The van der Waals surface area contributed by atoms with Gasteiger partial charge in [0.05, 0.1) is 12.0 Å². The third-order valence-electron chi connectivity index (χ3n) is 3.01. The zero-order valence-corrected chi connectivity index (χ0v) is 12.7. The van der Waals surface area contributed by atoms with E-state index in [0.29, 0.717) is 22.8 Å². The summed E-state index contributed by atoms with van der Waals surface area (Å²) in [5.74, 6) is -0.347. The molecule has 1 aromatic carbocycles. The minimum atomic E-state index is -0.347. The number of halogens is 2. The van der Waals surface area contributed by atoms with Crippen LogP contribution >= 0.6 is 23.1 Å². The van der Waals surface area contributed by atoms with Crippen molar-refractivity contribution in [2.45, 2.75) is 6.54 Å². The molecule has 8 heteroatoms. The maximum absolute atomic E-state index is 14.1. The van der Waals surface area contributed by atoms with Crippen LogP contribution in [0.1, 0.15) is 11.1 Å². The third kappa shape index (κ3) is 2.79. The molecule has 0 aliphatic carbocycles. The van der Waals surface area contributed by atoms with Crippen LogP contribution < -0.4 is 5.32 Å². The summed E-state index contributed by atoms with van der Waals surface area (Å²) in [6.07, 6.45) is 4.80. The molecule has 0 spiro atoms. The molecule has 22 heavy (non-hydrogen) atoms. The summed E-state index contributed by atoms with van der Waals surface area (Å²) in [4.78, 5) is 3.89. The van der Waals surface area contributed by atoms with Crippen molar-refractivity contribution < 1.29 is 4.39 Å². The summed E-state index contributed by atoms with van der Waals surface area (Å²) in [6.45, 7) is 0.369. The van der Waals surface area contributed by atoms with Gasteiger partial charge in [0, 0.05) is 18.9 Å². The van der Waals surface area contributed by atoms with Crippen molar-refractivity contribution in [1.29, 1.82) is 5.26 Å². The van der Waals surface area contributed by atoms with Crippen molar-refractivity contribution in [3.05, 3.63) is 59.0 Å². The van der Waals surface area contributed by atoms with Gasteiger partial charge in [-0.2, -0.15) is 9.64 Å². The minimum Gasteiger partial charge on any atom is -0.370 e. The lowest BCUT2D eigenvalue weighted by Gasteiger charge is -2.08. The normalized spacial score (nSPS) is 10.4. The van der Waals surface area contributed by atoms with Gasteiger partial charge in [0.25, 0.3) is 0 Å². The number of nitriles is 1. The van der Waals surface area contributed by atoms with Crippen LogP contribution in [0.15, 0.2) is 36.9 Å². The number of hydrogen-bond donors (Lipinski definition) is 1. The van der Waals surface area contributed by atoms with Crippen molar-refractivity contribution >= 4 is 28.1 Å². The first-order valence-corrected chi connectivity index (χ1v) is 7.40. The van der Waals surface area contributed by atoms with E-state index in [1.165, 1.54) is 12.4 Å². The van der Waals surface area contributed by atoms with Crippen LogP contribution in [0.3, 0.4) is 0 Å². The minimum absolute atomic E-state index is 0.177. The largest absolute Gasteiger partial charge is 0.370 e.